The number of hydrogen-bond donors (Lipinski definition) is 2. The monoisotopic (exact) mass is 538 g/mol. The number of amides is 1. The SMILES string of the molecule is CCOC(=O)c1c(NC(=O)CSc2nnc(-c3cc(Br)ccc3O)n2CC)sc(C)c1C. The molecule has 0 fully saturated rings. The van der Waals surface area contributed by atoms with Crippen molar-refractivity contribution in [3.63, 3.8) is 0 Å². The highest BCUT2D eigenvalue weighted by atomic mass is 79.9. The molecule has 3 aromatic rings. The lowest BCUT2D eigenvalue weighted by Gasteiger charge is -2.09. The number of aryl methyl sites for hydroxylation is 1. The molecule has 0 spiro atoms. The minimum atomic E-state index is -0.443. The minimum absolute atomic E-state index is 0.0842. The number of nitrogens with zero attached hydrogens (tertiary/aromatic N) is 3. The number of halogens is 1. The Labute approximate surface area is 202 Å². The average Bonchev–Trinajstić information content (AvgIpc) is 3.28. The number of thiophene rings is 1. The zero-order chi connectivity index (χ0) is 23.4. The lowest BCUT2D eigenvalue weighted by Crippen LogP contribution is -2.17. The number of ether oxygens (including phenoxy) is 1. The van der Waals surface area contributed by atoms with Crippen molar-refractivity contribution in [2.75, 3.05) is 17.7 Å². The van der Waals surface area contributed by atoms with Crippen LogP contribution < -0.4 is 5.32 Å². The van der Waals surface area contributed by atoms with Crippen LogP contribution in [0.4, 0.5) is 5.00 Å². The van der Waals surface area contributed by atoms with Crippen molar-refractivity contribution < 1.29 is 19.4 Å². The third-order valence-electron chi connectivity index (χ3n) is 4.68. The second kappa shape index (κ2) is 10.5. The fourth-order valence-corrected chi connectivity index (χ4v) is 5.25. The van der Waals surface area contributed by atoms with Crippen molar-refractivity contribution in [2.24, 2.45) is 0 Å². The number of carbonyl (C=O) groups excluding carboxylic acids is 2. The molecule has 0 atom stereocenters. The summed E-state index contributed by atoms with van der Waals surface area (Å²) >= 11 is 5.98. The van der Waals surface area contributed by atoms with Gasteiger partial charge in [0.05, 0.1) is 23.5 Å². The lowest BCUT2D eigenvalue weighted by molar-refractivity contribution is -0.113. The summed E-state index contributed by atoms with van der Waals surface area (Å²) in [6, 6.07) is 5.09. The number of thioether (sulfide) groups is 1. The minimum Gasteiger partial charge on any atom is -0.507 e. The highest BCUT2D eigenvalue weighted by molar-refractivity contribution is 9.10. The topological polar surface area (TPSA) is 106 Å². The Bertz CT molecular complexity index is 1160. The number of aromatic hydroxyl groups is 1. The number of rotatable bonds is 8. The Morgan fingerprint density at radius 2 is 2.03 bits per heavy atom. The maximum absolute atomic E-state index is 12.6. The molecule has 8 nitrogen and oxygen atoms in total. The van der Waals surface area contributed by atoms with Crippen LogP contribution in [0.25, 0.3) is 11.4 Å². The molecule has 0 aliphatic rings. The number of carbonyl (C=O) groups is 2. The summed E-state index contributed by atoms with van der Waals surface area (Å²) in [5.41, 5.74) is 1.76. The van der Waals surface area contributed by atoms with E-state index in [1.54, 1.807) is 25.1 Å². The zero-order valence-corrected chi connectivity index (χ0v) is 21.3. The average molecular weight is 539 g/mol. The second-order valence-electron chi connectivity index (χ2n) is 6.76. The predicted molar refractivity (Wildman–Crippen MR) is 130 cm³/mol. The molecule has 2 heterocycles. The molecule has 2 aromatic heterocycles. The number of esters is 1. The van der Waals surface area contributed by atoms with E-state index in [-0.39, 0.29) is 24.0 Å². The van der Waals surface area contributed by atoms with Gasteiger partial charge in [0.25, 0.3) is 0 Å². The van der Waals surface area contributed by atoms with Gasteiger partial charge in [-0.25, -0.2) is 4.79 Å². The smallest absolute Gasteiger partial charge is 0.341 e. The molecule has 3 rings (SSSR count). The molecule has 0 aliphatic carbocycles. The van der Waals surface area contributed by atoms with Gasteiger partial charge in [-0.15, -0.1) is 21.5 Å². The number of aromatic nitrogens is 3. The van der Waals surface area contributed by atoms with Crippen molar-refractivity contribution in [1.29, 1.82) is 0 Å². The molecule has 0 aliphatic heterocycles. The third kappa shape index (κ3) is 5.16. The quantitative estimate of drug-likeness (QED) is 0.306. The van der Waals surface area contributed by atoms with E-state index in [1.807, 2.05) is 25.3 Å². The van der Waals surface area contributed by atoms with E-state index >= 15 is 0 Å². The van der Waals surface area contributed by atoms with E-state index in [9.17, 15) is 14.7 Å². The molecule has 0 bridgehead atoms. The molecule has 170 valence electrons. The Hall–Kier alpha value is -2.37. The highest BCUT2D eigenvalue weighted by Gasteiger charge is 2.23. The first-order valence-electron chi connectivity index (χ1n) is 9.88. The second-order valence-corrected chi connectivity index (χ2v) is 9.84. The number of phenolic OH excluding ortho intramolecular Hbond substituents is 1. The molecule has 32 heavy (non-hydrogen) atoms. The molecular formula is C21H23BrN4O4S2. The van der Waals surface area contributed by atoms with Gasteiger partial charge in [-0.3, -0.25) is 4.79 Å². The maximum Gasteiger partial charge on any atom is 0.341 e. The van der Waals surface area contributed by atoms with E-state index in [1.165, 1.54) is 23.1 Å². The molecule has 0 radical (unpaired) electrons. The van der Waals surface area contributed by atoms with E-state index in [2.05, 4.69) is 31.4 Å². The maximum atomic E-state index is 12.6. The number of anilines is 1. The van der Waals surface area contributed by atoms with Gasteiger partial charge in [0, 0.05) is 15.9 Å². The molecule has 1 aromatic carbocycles. The first kappa shape index (κ1) is 24.3. The lowest BCUT2D eigenvalue weighted by atomic mass is 10.1. The normalized spacial score (nSPS) is 10.9. The van der Waals surface area contributed by atoms with Crippen molar-refractivity contribution >= 4 is 55.9 Å². The molecule has 11 heteroatoms. The summed E-state index contributed by atoms with van der Waals surface area (Å²) in [5.74, 6) is -0.00967. The number of benzene rings is 1. The van der Waals surface area contributed by atoms with Crippen LogP contribution in [-0.4, -0.2) is 44.1 Å². The van der Waals surface area contributed by atoms with Gasteiger partial charge in [0.2, 0.25) is 5.91 Å². The largest absolute Gasteiger partial charge is 0.507 e. The van der Waals surface area contributed by atoms with Gasteiger partial charge in [-0.05, 0) is 51.5 Å². The summed E-state index contributed by atoms with van der Waals surface area (Å²) in [6.45, 7) is 8.25. The molecule has 0 unspecified atom stereocenters. The van der Waals surface area contributed by atoms with Gasteiger partial charge in [-0.1, -0.05) is 27.7 Å². The van der Waals surface area contributed by atoms with Gasteiger partial charge in [0.15, 0.2) is 11.0 Å². The predicted octanol–water partition coefficient (Wildman–Crippen LogP) is 5.02. The summed E-state index contributed by atoms with van der Waals surface area (Å²) in [5, 5.41) is 22.5. The van der Waals surface area contributed by atoms with Crippen LogP contribution >= 0.6 is 39.0 Å². The van der Waals surface area contributed by atoms with E-state index < -0.39 is 5.97 Å². The van der Waals surface area contributed by atoms with Crippen molar-refractivity contribution in [3.8, 4) is 17.1 Å². The molecule has 0 saturated carbocycles. The summed E-state index contributed by atoms with van der Waals surface area (Å²) < 4.78 is 7.78. The van der Waals surface area contributed by atoms with Gasteiger partial charge in [0.1, 0.15) is 10.8 Å². The summed E-state index contributed by atoms with van der Waals surface area (Å²) in [4.78, 5) is 25.9. The van der Waals surface area contributed by atoms with Crippen LogP contribution in [0.5, 0.6) is 5.75 Å². The Morgan fingerprint density at radius 1 is 1.28 bits per heavy atom. The Balaban J connectivity index is 1.75. The van der Waals surface area contributed by atoms with E-state index in [0.717, 1.165) is 14.9 Å². The fraction of sp³-hybridized carbons (Fsp3) is 0.333. The van der Waals surface area contributed by atoms with Crippen LogP contribution in [-0.2, 0) is 16.1 Å². The first-order chi connectivity index (χ1) is 15.3. The van der Waals surface area contributed by atoms with Crippen molar-refractivity contribution in [2.45, 2.75) is 39.4 Å². The van der Waals surface area contributed by atoms with Crippen LogP contribution in [0, 0.1) is 13.8 Å². The summed E-state index contributed by atoms with van der Waals surface area (Å²) in [6.07, 6.45) is 0. The van der Waals surface area contributed by atoms with Gasteiger partial charge < -0.3 is 19.7 Å². The summed E-state index contributed by atoms with van der Waals surface area (Å²) in [7, 11) is 0. The Kier molecular flexibility index (Phi) is 7.96. The fourth-order valence-electron chi connectivity index (χ4n) is 3.02. The van der Waals surface area contributed by atoms with Crippen LogP contribution in [0.3, 0.4) is 0 Å². The molecule has 1 amide bonds. The highest BCUT2D eigenvalue weighted by Crippen LogP contribution is 2.34. The van der Waals surface area contributed by atoms with Crippen LogP contribution in [0.15, 0.2) is 27.8 Å². The first-order valence-corrected chi connectivity index (χ1v) is 12.5. The number of nitrogens with one attached hydrogen (secondary N) is 1. The molecule has 2 N–H and O–H groups in total. The van der Waals surface area contributed by atoms with Gasteiger partial charge in [-0.2, -0.15) is 0 Å². The van der Waals surface area contributed by atoms with Crippen LogP contribution in [0.2, 0.25) is 0 Å². The zero-order valence-electron chi connectivity index (χ0n) is 18.1. The van der Waals surface area contributed by atoms with E-state index in [4.69, 9.17) is 4.74 Å². The molecule has 0 saturated heterocycles. The molecular weight excluding hydrogens is 516 g/mol. The van der Waals surface area contributed by atoms with E-state index in [0.29, 0.717) is 33.7 Å². The standard InChI is InChI=1S/C21H23BrN4O4S2/c1-5-26-18(14-9-13(22)7-8-15(14)27)24-25-21(26)31-10-16(28)23-19-17(20(29)30-6-2)11(3)12(4)32-19/h7-9,27H,5-6,10H2,1-4H3,(H,23,28). The van der Waals surface area contributed by atoms with Gasteiger partial charge >= 0.3 is 5.97 Å². The number of phenols is 1. The van der Waals surface area contributed by atoms with Crippen molar-refractivity contribution in [1.82, 2.24) is 14.8 Å². The van der Waals surface area contributed by atoms with Crippen molar-refractivity contribution in [3.05, 3.63) is 38.7 Å². The Morgan fingerprint density at radius 3 is 2.72 bits per heavy atom. The number of hydrogen-bond acceptors (Lipinski definition) is 8. The third-order valence-corrected chi connectivity index (χ3v) is 7.27. The van der Waals surface area contributed by atoms with Crippen LogP contribution in [0.1, 0.15) is 34.6 Å².